The van der Waals surface area contributed by atoms with Gasteiger partial charge in [-0.15, -0.1) is 0 Å². The van der Waals surface area contributed by atoms with Crippen LogP contribution in [0.2, 0.25) is 0 Å². The summed E-state index contributed by atoms with van der Waals surface area (Å²) in [4.78, 5) is 28.8. The molecular formula is C18H21FN2O4. The van der Waals surface area contributed by atoms with Crippen LogP contribution in [0.15, 0.2) is 30.6 Å². The summed E-state index contributed by atoms with van der Waals surface area (Å²) in [6.07, 6.45) is 4.03. The lowest BCUT2D eigenvalue weighted by molar-refractivity contribution is 0.0685. The number of halogens is 1. The minimum Gasteiger partial charge on any atom is -0.478 e. The molecule has 0 amide bonds. The van der Waals surface area contributed by atoms with Gasteiger partial charge in [0, 0.05) is 18.1 Å². The smallest absolute Gasteiger partial charge is 0.337 e. The molecule has 25 heavy (non-hydrogen) atoms. The van der Waals surface area contributed by atoms with Gasteiger partial charge in [-0.2, -0.15) is 0 Å². The average molecular weight is 348 g/mol. The highest BCUT2D eigenvalue weighted by Crippen LogP contribution is 2.12. The molecule has 0 radical (unpaired) electrons. The third-order valence-electron chi connectivity index (χ3n) is 3.27. The van der Waals surface area contributed by atoms with E-state index in [0.717, 1.165) is 18.2 Å². The minimum absolute atomic E-state index is 0.114. The molecule has 0 aliphatic carbocycles. The largest absolute Gasteiger partial charge is 0.478 e. The van der Waals surface area contributed by atoms with Crippen molar-refractivity contribution in [1.29, 1.82) is 0 Å². The van der Waals surface area contributed by atoms with Crippen molar-refractivity contribution in [3.05, 3.63) is 58.9 Å². The molecule has 2 aromatic heterocycles. The van der Waals surface area contributed by atoms with Crippen LogP contribution >= 0.6 is 0 Å². The second-order valence-corrected chi connectivity index (χ2v) is 5.64. The van der Waals surface area contributed by atoms with Gasteiger partial charge in [-0.05, 0) is 30.5 Å². The van der Waals surface area contributed by atoms with Gasteiger partial charge in [0.1, 0.15) is 5.82 Å². The van der Waals surface area contributed by atoms with Gasteiger partial charge in [0.15, 0.2) is 0 Å². The SMILES string of the molecule is CC(C)c1cc(C(=O)O)ccn1.CCCc1ncc(C(=O)O)cc1F. The molecule has 0 unspecified atom stereocenters. The maximum absolute atomic E-state index is 13.1. The van der Waals surface area contributed by atoms with Gasteiger partial charge in [-0.1, -0.05) is 27.2 Å². The van der Waals surface area contributed by atoms with Gasteiger partial charge >= 0.3 is 11.9 Å². The monoisotopic (exact) mass is 348 g/mol. The average Bonchev–Trinajstić information content (AvgIpc) is 2.57. The zero-order valence-electron chi connectivity index (χ0n) is 14.4. The Balaban J connectivity index is 0.000000251. The van der Waals surface area contributed by atoms with Crippen molar-refractivity contribution in [3.8, 4) is 0 Å². The predicted octanol–water partition coefficient (Wildman–Crippen LogP) is 3.77. The van der Waals surface area contributed by atoms with Crippen molar-refractivity contribution in [2.75, 3.05) is 0 Å². The van der Waals surface area contributed by atoms with E-state index < -0.39 is 17.8 Å². The number of aromatic carboxylic acids is 2. The van der Waals surface area contributed by atoms with Crippen molar-refractivity contribution < 1.29 is 24.2 Å². The zero-order chi connectivity index (χ0) is 19.0. The normalized spacial score (nSPS) is 10.1. The molecule has 0 spiro atoms. The quantitative estimate of drug-likeness (QED) is 0.853. The number of hydrogen-bond acceptors (Lipinski definition) is 4. The fourth-order valence-corrected chi connectivity index (χ4v) is 1.90. The molecule has 7 heteroatoms. The highest BCUT2D eigenvalue weighted by atomic mass is 19.1. The van der Waals surface area contributed by atoms with Crippen LogP contribution in [-0.4, -0.2) is 32.1 Å². The summed E-state index contributed by atoms with van der Waals surface area (Å²) in [5.41, 5.74) is 1.33. The van der Waals surface area contributed by atoms with Crippen molar-refractivity contribution >= 4 is 11.9 Å². The summed E-state index contributed by atoms with van der Waals surface area (Å²) >= 11 is 0. The van der Waals surface area contributed by atoms with E-state index >= 15 is 0 Å². The van der Waals surface area contributed by atoms with E-state index in [2.05, 4.69) is 9.97 Å². The third-order valence-corrected chi connectivity index (χ3v) is 3.27. The zero-order valence-corrected chi connectivity index (χ0v) is 14.4. The highest BCUT2D eigenvalue weighted by Gasteiger charge is 2.08. The first-order chi connectivity index (χ1) is 11.8. The van der Waals surface area contributed by atoms with E-state index in [9.17, 15) is 14.0 Å². The standard InChI is InChI=1S/C9H10FNO2.C9H11NO2/c1-2-3-8-7(10)4-6(5-11-8)9(12)13;1-6(2)8-5-7(9(11)12)3-4-10-8/h4-5H,2-3H2,1H3,(H,12,13);3-6H,1-2H3,(H,11,12). The summed E-state index contributed by atoms with van der Waals surface area (Å²) in [6, 6.07) is 4.10. The topological polar surface area (TPSA) is 100 Å². The van der Waals surface area contributed by atoms with Crippen molar-refractivity contribution in [2.24, 2.45) is 0 Å². The molecule has 2 aromatic rings. The van der Waals surface area contributed by atoms with Crippen LogP contribution in [-0.2, 0) is 6.42 Å². The second-order valence-electron chi connectivity index (χ2n) is 5.64. The fraction of sp³-hybridized carbons (Fsp3) is 0.333. The Morgan fingerprint density at radius 2 is 1.76 bits per heavy atom. The molecular weight excluding hydrogens is 327 g/mol. The maximum atomic E-state index is 13.1. The number of carboxylic acid groups (broad SMARTS) is 2. The molecule has 134 valence electrons. The Morgan fingerprint density at radius 1 is 1.12 bits per heavy atom. The first-order valence-corrected chi connectivity index (χ1v) is 7.83. The van der Waals surface area contributed by atoms with Crippen LogP contribution in [0.25, 0.3) is 0 Å². The molecule has 0 atom stereocenters. The van der Waals surface area contributed by atoms with Crippen molar-refractivity contribution in [3.63, 3.8) is 0 Å². The van der Waals surface area contributed by atoms with E-state index in [1.807, 2.05) is 20.8 Å². The van der Waals surface area contributed by atoms with Crippen LogP contribution in [0.5, 0.6) is 0 Å². The predicted molar refractivity (Wildman–Crippen MR) is 90.4 cm³/mol. The molecule has 0 aliphatic heterocycles. The van der Waals surface area contributed by atoms with Gasteiger partial charge in [-0.3, -0.25) is 9.97 Å². The lowest BCUT2D eigenvalue weighted by atomic mass is 10.1. The molecule has 2 rings (SSSR count). The fourth-order valence-electron chi connectivity index (χ4n) is 1.90. The first-order valence-electron chi connectivity index (χ1n) is 7.83. The molecule has 2 N–H and O–H groups in total. The number of carbonyl (C=O) groups is 2. The number of aromatic nitrogens is 2. The van der Waals surface area contributed by atoms with E-state index in [1.54, 1.807) is 6.07 Å². The Kier molecular flexibility index (Phi) is 7.65. The molecule has 2 heterocycles. The number of pyridine rings is 2. The Labute approximate surface area is 145 Å². The minimum atomic E-state index is -1.16. The number of rotatable bonds is 5. The van der Waals surface area contributed by atoms with Crippen LogP contribution in [0.3, 0.4) is 0 Å². The van der Waals surface area contributed by atoms with Crippen molar-refractivity contribution in [1.82, 2.24) is 9.97 Å². The Bertz CT molecular complexity index is 748. The van der Waals surface area contributed by atoms with Gasteiger partial charge in [0.2, 0.25) is 0 Å². The van der Waals surface area contributed by atoms with Crippen LogP contribution in [0, 0.1) is 5.82 Å². The van der Waals surface area contributed by atoms with E-state index in [0.29, 0.717) is 17.7 Å². The Hall–Kier alpha value is -2.83. The summed E-state index contributed by atoms with van der Waals surface area (Å²) in [7, 11) is 0. The van der Waals surface area contributed by atoms with Crippen LogP contribution < -0.4 is 0 Å². The summed E-state index contributed by atoms with van der Waals surface area (Å²) in [6.45, 7) is 5.87. The molecule has 0 aromatic carbocycles. The van der Waals surface area contributed by atoms with Crippen molar-refractivity contribution in [2.45, 2.75) is 39.5 Å². The number of aryl methyl sites for hydroxylation is 1. The third kappa shape index (κ3) is 6.29. The van der Waals surface area contributed by atoms with E-state index in [1.165, 1.54) is 18.5 Å². The van der Waals surface area contributed by atoms with Gasteiger partial charge in [-0.25, -0.2) is 14.0 Å². The molecule has 0 saturated heterocycles. The highest BCUT2D eigenvalue weighted by molar-refractivity contribution is 5.87. The lowest BCUT2D eigenvalue weighted by Crippen LogP contribution is -2.02. The first kappa shape index (κ1) is 20.2. The number of nitrogens with zero attached hydrogens (tertiary/aromatic N) is 2. The lowest BCUT2D eigenvalue weighted by Gasteiger charge is -2.03. The Morgan fingerprint density at radius 3 is 2.24 bits per heavy atom. The molecule has 0 saturated carbocycles. The number of carboxylic acids is 2. The summed E-state index contributed by atoms with van der Waals surface area (Å²) < 4.78 is 13.1. The molecule has 0 aliphatic rings. The molecule has 0 bridgehead atoms. The summed E-state index contributed by atoms with van der Waals surface area (Å²) in [5, 5.41) is 17.2. The van der Waals surface area contributed by atoms with E-state index in [4.69, 9.17) is 10.2 Å². The second kappa shape index (κ2) is 9.46. The maximum Gasteiger partial charge on any atom is 0.337 e. The van der Waals surface area contributed by atoms with Gasteiger partial charge < -0.3 is 10.2 Å². The van der Waals surface area contributed by atoms with Gasteiger partial charge in [0.25, 0.3) is 0 Å². The van der Waals surface area contributed by atoms with Crippen LogP contribution in [0.4, 0.5) is 4.39 Å². The van der Waals surface area contributed by atoms with Crippen LogP contribution in [0.1, 0.15) is 65.2 Å². The van der Waals surface area contributed by atoms with Gasteiger partial charge in [0.05, 0.1) is 16.8 Å². The van der Waals surface area contributed by atoms with E-state index in [-0.39, 0.29) is 11.5 Å². The number of hydrogen-bond donors (Lipinski definition) is 2. The molecule has 6 nitrogen and oxygen atoms in total. The molecule has 0 fully saturated rings. The summed E-state index contributed by atoms with van der Waals surface area (Å²) in [5.74, 6) is -2.33.